The Balaban J connectivity index is 1.68. The zero-order chi connectivity index (χ0) is 16.2. The number of likely N-dealkylation sites (N-methyl/N-ethyl adjacent to an activating group) is 1. The highest BCUT2D eigenvalue weighted by Gasteiger charge is 2.29. The molecule has 0 spiro atoms. The van der Waals surface area contributed by atoms with Crippen molar-refractivity contribution in [1.82, 2.24) is 19.8 Å². The SMILES string of the molecule is CN(C)C(=O)CN1CCCC1c1csc(Nc2ccccn2)n1. The first-order valence-electron chi connectivity index (χ1n) is 7.71. The van der Waals surface area contributed by atoms with E-state index in [9.17, 15) is 4.79 Å². The van der Waals surface area contributed by atoms with Crippen LogP contribution in [0.15, 0.2) is 29.8 Å². The number of amides is 1. The molecule has 0 radical (unpaired) electrons. The van der Waals surface area contributed by atoms with Crippen molar-refractivity contribution in [3.05, 3.63) is 35.5 Å². The molecule has 1 amide bonds. The van der Waals surface area contributed by atoms with Gasteiger partial charge in [-0.25, -0.2) is 9.97 Å². The number of thiazole rings is 1. The zero-order valence-electron chi connectivity index (χ0n) is 13.4. The summed E-state index contributed by atoms with van der Waals surface area (Å²) in [4.78, 5) is 24.8. The minimum Gasteiger partial charge on any atom is -0.348 e. The average Bonchev–Trinajstić information content (AvgIpc) is 3.17. The lowest BCUT2D eigenvalue weighted by molar-refractivity contribution is -0.130. The molecule has 0 aromatic carbocycles. The Bertz CT molecular complexity index is 658. The van der Waals surface area contributed by atoms with Crippen LogP contribution < -0.4 is 5.32 Å². The summed E-state index contributed by atoms with van der Waals surface area (Å²) in [6.45, 7) is 1.41. The first-order chi connectivity index (χ1) is 11.1. The van der Waals surface area contributed by atoms with Crippen molar-refractivity contribution in [1.29, 1.82) is 0 Å². The standard InChI is InChI=1S/C16H21N5OS/c1-20(2)15(22)10-21-9-5-6-13(21)12-11-23-16(18-12)19-14-7-3-4-8-17-14/h3-4,7-8,11,13H,5-6,9-10H2,1-2H3,(H,17,18,19). The maximum absolute atomic E-state index is 12.0. The van der Waals surface area contributed by atoms with Gasteiger partial charge < -0.3 is 10.2 Å². The van der Waals surface area contributed by atoms with Crippen molar-refractivity contribution >= 4 is 28.2 Å². The summed E-state index contributed by atoms with van der Waals surface area (Å²) < 4.78 is 0. The van der Waals surface area contributed by atoms with E-state index in [0.29, 0.717) is 6.54 Å². The van der Waals surface area contributed by atoms with Crippen molar-refractivity contribution in [3.8, 4) is 0 Å². The molecule has 2 aromatic rings. The lowest BCUT2D eigenvalue weighted by Gasteiger charge is -2.23. The zero-order valence-corrected chi connectivity index (χ0v) is 14.2. The van der Waals surface area contributed by atoms with Gasteiger partial charge in [0.25, 0.3) is 0 Å². The highest BCUT2D eigenvalue weighted by molar-refractivity contribution is 7.13. The number of aromatic nitrogens is 2. The van der Waals surface area contributed by atoms with Gasteiger partial charge in [-0.2, -0.15) is 0 Å². The summed E-state index contributed by atoms with van der Waals surface area (Å²) in [5.41, 5.74) is 1.04. The molecule has 3 rings (SSSR count). The van der Waals surface area contributed by atoms with Gasteiger partial charge in [-0.1, -0.05) is 6.07 Å². The minimum atomic E-state index is 0.138. The summed E-state index contributed by atoms with van der Waals surface area (Å²) in [6.07, 6.45) is 3.90. The minimum absolute atomic E-state index is 0.138. The maximum atomic E-state index is 12.0. The molecule has 1 fully saturated rings. The molecule has 6 nitrogen and oxygen atoms in total. The molecule has 1 unspecified atom stereocenters. The summed E-state index contributed by atoms with van der Waals surface area (Å²) in [5, 5.41) is 6.14. The maximum Gasteiger partial charge on any atom is 0.236 e. The number of hydrogen-bond donors (Lipinski definition) is 1. The molecule has 1 aliphatic heterocycles. The third-order valence-corrected chi connectivity index (χ3v) is 4.74. The molecule has 23 heavy (non-hydrogen) atoms. The Morgan fingerprint density at radius 1 is 1.48 bits per heavy atom. The monoisotopic (exact) mass is 331 g/mol. The first kappa shape index (κ1) is 15.9. The van der Waals surface area contributed by atoms with Crippen LogP contribution in [-0.2, 0) is 4.79 Å². The molecule has 122 valence electrons. The van der Waals surface area contributed by atoms with Crippen LogP contribution >= 0.6 is 11.3 Å². The third kappa shape index (κ3) is 3.86. The number of nitrogens with zero attached hydrogens (tertiary/aromatic N) is 4. The van der Waals surface area contributed by atoms with E-state index in [1.54, 1.807) is 36.5 Å². The molecular formula is C16H21N5OS. The Hall–Kier alpha value is -1.99. The van der Waals surface area contributed by atoms with Crippen LogP contribution in [-0.4, -0.2) is 52.9 Å². The smallest absolute Gasteiger partial charge is 0.236 e. The van der Waals surface area contributed by atoms with Gasteiger partial charge in [-0.15, -0.1) is 11.3 Å². The fraction of sp³-hybridized carbons (Fsp3) is 0.438. The van der Waals surface area contributed by atoms with Gasteiger partial charge in [0.05, 0.1) is 18.3 Å². The predicted molar refractivity (Wildman–Crippen MR) is 91.9 cm³/mol. The summed E-state index contributed by atoms with van der Waals surface area (Å²) >= 11 is 1.57. The van der Waals surface area contributed by atoms with E-state index in [0.717, 1.165) is 36.0 Å². The number of hydrogen-bond acceptors (Lipinski definition) is 6. The Kier molecular flexibility index (Phi) is 4.88. The van der Waals surface area contributed by atoms with E-state index in [1.807, 2.05) is 18.2 Å². The fourth-order valence-corrected chi connectivity index (χ4v) is 3.47. The number of pyridine rings is 1. The van der Waals surface area contributed by atoms with Crippen LogP contribution in [0.5, 0.6) is 0 Å². The molecule has 1 N–H and O–H groups in total. The van der Waals surface area contributed by atoms with E-state index in [2.05, 4.69) is 20.6 Å². The van der Waals surface area contributed by atoms with Crippen LogP contribution in [0.2, 0.25) is 0 Å². The first-order valence-corrected chi connectivity index (χ1v) is 8.59. The molecule has 1 atom stereocenters. The highest BCUT2D eigenvalue weighted by Crippen LogP contribution is 2.33. The second kappa shape index (κ2) is 7.06. The van der Waals surface area contributed by atoms with Gasteiger partial charge in [-0.3, -0.25) is 9.69 Å². The van der Waals surface area contributed by atoms with Gasteiger partial charge in [0, 0.05) is 25.7 Å². The molecule has 2 aromatic heterocycles. The molecule has 1 saturated heterocycles. The van der Waals surface area contributed by atoms with Crippen LogP contribution in [0.25, 0.3) is 0 Å². The van der Waals surface area contributed by atoms with Gasteiger partial charge in [0.15, 0.2) is 5.13 Å². The van der Waals surface area contributed by atoms with Crippen molar-refractivity contribution < 1.29 is 4.79 Å². The quantitative estimate of drug-likeness (QED) is 0.912. The number of nitrogens with one attached hydrogen (secondary N) is 1. The van der Waals surface area contributed by atoms with Crippen molar-refractivity contribution in [2.45, 2.75) is 18.9 Å². The molecule has 0 aliphatic carbocycles. The normalized spacial score (nSPS) is 18.1. The average molecular weight is 331 g/mol. The summed E-state index contributed by atoms with van der Waals surface area (Å²) in [5.74, 6) is 0.929. The third-order valence-electron chi connectivity index (χ3n) is 3.96. The summed E-state index contributed by atoms with van der Waals surface area (Å²) in [7, 11) is 3.59. The number of likely N-dealkylation sites (tertiary alicyclic amines) is 1. The number of rotatable bonds is 5. The molecule has 0 saturated carbocycles. The van der Waals surface area contributed by atoms with Crippen LogP contribution in [0, 0.1) is 0 Å². The second-order valence-electron chi connectivity index (χ2n) is 5.83. The largest absolute Gasteiger partial charge is 0.348 e. The Morgan fingerprint density at radius 3 is 3.09 bits per heavy atom. The summed E-state index contributed by atoms with van der Waals surface area (Å²) in [6, 6.07) is 5.97. The van der Waals surface area contributed by atoms with Crippen molar-refractivity contribution in [3.63, 3.8) is 0 Å². The fourth-order valence-electron chi connectivity index (χ4n) is 2.71. The number of carbonyl (C=O) groups excluding carboxylic acids is 1. The van der Waals surface area contributed by atoms with Crippen LogP contribution in [0.3, 0.4) is 0 Å². The lowest BCUT2D eigenvalue weighted by Crippen LogP contribution is -2.36. The molecule has 0 bridgehead atoms. The van der Waals surface area contributed by atoms with Gasteiger partial charge >= 0.3 is 0 Å². The van der Waals surface area contributed by atoms with Crippen LogP contribution in [0.1, 0.15) is 24.6 Å². The number of anilines is 2. The highest BCUT2D eigenvalue weighted by atomic mass is 32.1. The topological polar surface area (TPSA) is 61.4 Å². The predicted octanol–water partition coefficient (Wildman–Crippen LogP) is 2.51. The Morgan fingerprint density at radius 2 is 2.35 bits per heavy atom. The second-order valence-corrected chi connectivity index (χ2v) is 6.69. The number of carbonyl (C=O) groups is 1. The van der Waals surface area contributed by atoms with Gasteiger partial charge in [0.2, 0.25) is 5.91 Å². The van der Waals surface area contributed by atoms with Crippen molar-refractivity contribution in [2.75, 3.05) is 32.5 Å². The lowest BCUT2D eigenvalue weighted by atomic mass is 10.2. The Labute approximate surface area is 140 Å². The van der Waals surface area contributed by atoms with E-state index in [1.165, 1.54) is 0 Å². The molecule has 3 heterocycles. The molecule has 1 aliphatic rings. The van der Waals surface area contributed by atoms with E-state index < -0.39 is 0 Å². The van der Waals surface area contributed by atoms with E-state index in [-0.39, 0.29) is 11.9 Å². The molecular weight excluding hydrogens is 310 g/mol. The molecule has 7 heteroatoms. The van der Waals surface area contributed by atoms with E-state index in [4.69, 9.17) is 4.98 Å². The van der Waals surface area contributed by atoms with E-state index >= 15 is 0 Å². The van der Waals surface area contributed by atoms with Crippen molar-refractivity contribution in [2.24, 2.45) is 0 Å². The van der Waals surface area contributed by atoms with Crippen LogP contribution in [0.4, 0.5) is 10.9 Å². The van der Waals surface area contributed by atoms with Gasteiger partial charge in [-0.05, 0) is 31.5 Å². The van der Waals surface area contributed by atoms with Gasteiger partial charge in [0.1, 0.15) is 5.82 Å².